The van der Waals surface area contributed by atoms with Gasteiger partial charge in [-0.05, 0) is 130 Å². The molecule has 0 spiro atoms. The van der Waals surface area contributed by atoms with Crippen LogP contribution in [0.4, 0.5) is 0 Å². The van der Waals surface area contributed by atoms with Crippen LogP contribution in [-0.2, 0) is 0 Å². The van der Waals surface area contributed by atoms with Crippen LogP contribution in [0.25, 0.3) is 0 Å². The number of allylic oxidation sites excluding steroid dienone is 3. The summed E-state index contributed by atoms with van der Waals surface area (Å²) in [5.41, 5.74) is 4.71. The number of fused-ring (bicyclic) bond motifs is 5. The number of aliphatic imine (C=N–C) groups is 1. The molecule has 0 radical (unpaired) electrons. The summed E-state index contributed by atoms with van der Waals surface area (Å²) in [6, 6.07) is 0. The van der Waals surface area contributed by atoms with Crippen LogP contribution < -0.4 is 0 Å². The van der Waals surface area contributed by atoms with Gasteiger partial charge in [-0.15, -0.1) is 0 Å². The van der Waals surface area contributed by atoms with Crippen LogP contribution in [0.1, 0.15) is 112 Å². The summed E-state index contributed by atoms with van der Waals surface area (Å²) in [4.78, 5) is 4.86. The van der Waals surface area contributed by atoms with Crippen LogP contribution >= 0.6 is 0 Å². The van der Waals surface area contributed by atoms with E-state index in [1.807, 2.05) is 0 Å². The SMILES string of the molecule is C=C(C(C)=NC(C)=CC)C1CCC2C3CCC4CC(CCC)CCC4(C)C3CCC12C. The molecule has 0 bridgehead atoms. The van der Waals surface area contributed by atoms with Gasteiger partial charge in [-0.2, -0.15) is 0 Å². The maximum absolute atomic E-state index is 4.86. The van der Waals surface area contributed by atoms with Crippen molar-refractivity contribution in [2.24, 2.45) is 51.3 Å². The Morgan fingerprint density at radius 1 is 0.968 bits per heavy atom. The Labute approximate surface area is 193 Å². The van der Waals surface area contributed by atoms with Gasteiger partial charge in [-0.3, -0.25) is 4.99 Å². The predicted molar refractivity (Wildman–Crippen MR) is 135 cm³/mol. The maximum atomic E-state index is 4.86. The third-order valence-electron chi connectivity index (χ3n) is 11.1. The number of hydrogen-bond acceptors (Lipinski definition) is 1. The van der Waals surface area contributed by atoms with Crippen LogP contribution in [0.15, 0.2) is 28.9 Å². The molecule has 174 valence electrons. The molecule has 0 saturated heterocycles. The molecule has 0 heterocycles. The molecule has 0 N–H and O–H groups in total. The molecule has 8 atom stereocenters. The van der Waals surface area contributed by atoms with E-state index in [0.29, 0.717) is 16.7 Å². The maximum Gasteiger partial charge on any atom is 0.0404 e. The molecule has 1 nitrogen and oxygen atoms in total. The van der Waals surface area contributed by atoms with Gasteiger partial charge in [0.15, 0.2) is 0 Å². The minimum absolute atomic E-state index is 0.446. The summed E-state index contributed by atoms with van der Waals surface area (Å²) in [6.45, 7) is 18.7. The fourth-order valence-corrected chi connectivity index (χ4v) is 9.24. The highest BCUT2D eigenvalue weighted by Gasteiger charge is 2.60. The molecule has 1 heteroatoms. The first-order valence-corrected chi connectivity index (χ1v) is 13.6. The first-order valence-electron chi connectivity index (χ1n) is 13.6. The highest BCUT2D eigenvalue weighted by Crippen LogP contribution is 2.68. The molecule has 0 aromatic rings. The predicted octanol–water partition coefficient (Wildman–Crippen LogP) is 9.00. The Kier molecular flexibility index (Phi) is 6.64. The quantitative estimate of drug-likeness (QED) is 0.391. The van der Waals surface area contributed by atoms with E-state index in [4.69, 9.17) is 4.99 Å². The summed E-state index contributed by atoms with van der Waals surface area (Å²) in [5, 5.41) is 0. The molecule has 31 heavy (non-hydrogen) atoms. The zero-order chi connectivity index (χ0) is 22.4. The molecule has 4 fully saturated rings. The van der Waals surface area contributed by atoms with Crippen molar-refractivity contribution >= 4 is 5.71 Å². The van der Waals surface area contributed by atoms with Crippen molar-refractivity contribution in [2.75, 3.05) is 0 Å². The van der Waals surface area contributed by atoms with E-state index >= 15 is 0 Å². The van der Waals surface area contributed by atoms with Gasteiger partial charge in [-0.25, -0.2) is 0 Å². The Balaban J connectivity index is 1.52. The minimum Gasteiger partial charge on any atom is -0.259 e. The third-order valence-corrected chi connectivity index (χ3v) is 11.1. The van der Waals surface area contributed by atoms with E-state index in [1.165, 1.54) is 81.9 Å². The van der Waals surface area contributed by atoms with Crippen LogP contribution in [0.2, 0.25) is 0 Å². The number of rotatable bonds is 5. The lowest BCUT2D eigenvalue weighted by Crippen LogP contribution is -2.53. The second kappa shape index (κ2) is 8.83. The third kappa shape index (κ3) is 3.91. The van der Waals surface area contributed by atoms with Crippen LogP contribution in [0, 0.1) is 46.3 Å². The van der Waals surface area contributed by atoms with E-state index in [-0.39, 0.29) is 0 Å². The zero-order valence-electron chi connectivity index (χ0n) is 21.5. The average Bonchev–Trinajstić information content (AvgIpc) is 3.10. The molecule has 4 aliphatic rings. The van der Waals surface area contributed by atoms with Crippen LogP contribution in [0.5, 0.6) is 0 Å². The minimum atomic E-state index is 0.446. The lowest BCUT2D eigenvalue weighted by molar-refractivity contribution is -0.116. The first-order chi connectivity index (χ1) is 14.7. The van der Waals surface area contributed by atoms with Gasteiger partial charge < -0.3 is 0 Å². The lowest BCUT2D eigenvalue weighted by Gasteiger charge is -2.61. The molecule has 4 saturated carbocycles. The smallest absolute Gasteiger partial charge is 0.0404 e. The monoisotopic (exact) mass is 423 g/mol. The molecule has 4 aliphatic carbocycles. The fraction of sp³-hybridized carbons (Fsp3) is 0.833. The van der Waals surface area contributed by atoms with Crippen molar-refractivity contribution < 1.29 is 0 Å². The molecular formula is C30H49N. The topological polar surface area (TPSA) is 12.4 Å². The summed E-state index contributed by atoms with van der Waals surface area (Å²) in [5.74, 6) is 5.53. The summed E-state index contributed by atoms with van der Waals surface area (Å²) >= 11 is 0. The molecule has 0 aliphatic heterocycles. The average molecular weight is 424 g/mol. The zero-order valence-corrected chi connectivity index (χ0v) is 21.5. The molecular weight excluding hydrogens is 374 g/mol. The van der Waals surface area contributed by atoms with E-state index in [0.717, 1.165) is 35.3 Å². The summed E-state index contributed by atoms with van der Waals surface area (Å²) in [7, 11) is 0. The largest absolute Gasteiger partial charge is 0.259 e. The van der Waals surface area contributed by atoms with E-state index in [1.54, 1.807) is 0 Å². The van der Waals surface area contributed by atoms with Gasteiger partial charge in [0.1, 0.15) is 0 Å². The number of nitrogens with zero attached hydrogens (tertiary/aromatic N) is 1. The Morgan fingerprint density at radius 3 is 2.39 bits per heavy atom. The molecule has 0 aromatic carbocycles. The van der Waals surface area contributed by atoms with Crippen molar-refractivity contribution in [2.45, 2.75) is 112 Å². The lowest BCUT2D eigenvalue weighted by atomic mass is 9.44. The summed E-state index contributed by atoms with van der Waals surface area (Å²) < 4.78 is 0. The van der Waals surface area contributed by atoms with E-state index in [2.05, 4.69) is 54.2 Å². The molecule has 0 amide bonds. The standard InChI is InChI=1S/C30H49N/c1-8-10-23-15-17-29(6)24(19-23)11-12-25-27-14-13-26(30(27,7)18-16-28(25)29)21(4)22(5)31-20(3)9-2/h9,23-28H,4,8,10-19H2,1-3,5-7H3. The fourth-order valence-electron chi connectivity index (χ4n) is 9.24. The number of hydrogen-bond donors (Lipinski definition) is 0. The highest BCUT2D eigenvalue weighted by molar-refractivity contribution is 5.98. The van der Waals surface area contributed by atoms with Gasteiger partial charge in [0.25, 0.3) is 0 Å². The van der Waals surface area contributed by atoms with Gasteiger partial charge in [-0.1, -0.05) is 46.3 Å². The molecule has 4 rings (SSSR count). The Morgan fingerprint density at radius 2 is 1.68 bits per heavy atom. The van der Waals surface area contributed by atoms with Crippen molar-refractivity contribution in [3.8, 4) is 0 Å². The Bertz CT molecular complexity index is 744. The van der Waals surface area contributed by atoms with Crippen LogP contribution in [-0.4, -0.2) is 5.71 Å². The highest BCUT2D eigenvalue weighted by atomic mass is 14.8. The van der Waals surface area contributed by atoms with Gasteiger partial charge in [0, 0.05) is 11.4 Å². The van der Waals surface area contributed by atoms with E-state index < -0.39 is 0 Å². The van der Waals surface area contributed by atoms with E-state index in [9.17, 15) is 0 Å². The molecule has 0 aromatic heterocycles. The van der Waals surface area contributed by atoms with Crippen molar-refractivity contribution in [1.82, 2.24) is 0 Å². The van der Waals surface area contributed by atoms with Crippen molar-refractivity contribution in [3.63, 3.8) is 0 Å². The van der Waals surface area contributed by atoms with Crippen LogP contribution in [0.3, 0.4) is 0 Å². The van der Waals surface area contributed by atoms with Crippen molar-refractivity contribution in [3.05, 3.63) is 23.9 Å². The van der Waals surface area contributed by atoms with Gasteiger partial charge >= 0.3 is 0 Å². The van der Waals surface area contributed by atoms with Crippen molar-refractivity contribution in [1.29, 1.82) is 0 Å². The van der Waals surface area contributed by atoms with Gasteiger partial charge in [0.2, 0.25) is 0 Å². The molecule has 8 unspecified atom stereocenters. The summed E-state index contributed by atoms with van der Waals surface area (Å²) in [6.07, 6.45) is 18.2. The Hall–Kier alpha value is -0.850. The van der Waals surface area contributed by atoms with Gasteiger partial charge in [0.05, 0.1) is 0 Å². The first kappa shape index (κ1) is 23.3. The normalized spacial score (nSPS) is 45.6. The second-order valence-corrected chi connectivity index (χ2v) is 12.4. The second-order valence-electron chi connectivity index (χ2n) is 12.4.